The lowest BCUT2D eigenvalue weighted by Crippen LogP contribution is -1.90. The summed E-state index contributed by atoms with van der Waals surface area (Å²) >= 11 is 0. The van der Waals surface area contributed by atoms with E-state index in [1.807, 2.05) is 18.2 Å². The van der Waals surface area contributed by atoms with Crippen LogP contribution in [-0.4, -0.2) is 0 Å². The van der Waals surface area contributed by atoms with Gasteiger partial charge in [-0.3, -0.25) is 0 Å². The second kappa shape index (κ2) is 8.88. The zero-order valence-corrected chi connectivity index (χ0v) is 14.8. The van der Waals surface area contributed by atoms with Crippen molar-refractivity contribution in [2.75, 3.05) is 0 Å². The van der Waals surface area contributed by atoms with Crippen LogP contribution in [0.25, 0.3) is 34.1 Å². The first-order valence-corrected chi connectivity index (χ1v) is 8.62. The molecule has 0 fully saturated rings. The van der Waals surface area contributed by atoms with Gasteiger partial charge in [0.25, 0.3) is 0 Å². The highest BCUT2D eigenvalue weighted by Crippen LogP contribution is 2.35. The Morgan fingerprint density at radius 3 is 2.00 bits per heavy atom. The second-order valence-corrected chi connectivity index (χ2v) is 5.75. The largest absolute Gasteiger partial charge is 0.0984 e. The number of unbranched alkanes of at least 4 members (excludes halogenated alkanes) is 1. The summed E-state index contributed by atoms with van der Waals surface area (Å²) in [5.74, 6) is 0. The molecule has 3 aromatic carbocycles. The summed E-state index contributed by atoms with van der Waals surface area (Å²) in [6.07, 6.45) is 6.46. The van der Waals surface area contributed by atoms with E-state index in [1.165, 1.54) is 34.7 Å². The molecule has 0 aliphatic heterocycles. The minimum atomic E-state index is 1.12. The molecule has 0 aliphatic carbocycles. The molecule has 0 radical (unpaired) electrons. The fourth-order valence-electron chi connectivity index (χ4n) is 2.69. The highest BCUT2D eigenvalue weighted by molar-refractivity contribution is 6.03. The molecule has 0 amide bonds. The molecule has 0 heteroatoms. The zero-order valence-electron chi connectivity index (χ0n) is 14.8. The van der Waals surface area contributed by atoms with Gasteiger partial charge in [-0.05, 0) is 39.1 Å². The molecule has 3 rings (SSSR count). The van der Waals surface area contributed by atoms with Crippen LogP contribution in [0.15, 0.2) is 73.8 Å². The third-order valence-corrected chi connectivity index (χ3v) is 4.11. The fourth-order valence-corrected chi connectivity index (χ4v) is 2.69. The number of hydrogen-bond acceptors (Lipinski definition) is 0. The molecule has 3 aromatic rings. The maximum absolute atomic E-state index is 3.98. The first kappa shape index (κ1) is 17.7. The predicted molar refractivity (Wildman–Crippen MR) is 110 cm³/mol. The van der Waals surface area contributed by atoms with Gasteiger partial charge in [-0.15, -0.1) is 0 Å². The van der Waals surface area contributed by atoms with Crippen molar-refractivity contribution < 1.29 is 0 Å². The maximum atomic E-state index is 3.98. The van der Waals surface area contributed by atoms with Gasteiger partial charge in [0.05, 0.1) is 0 Å². The highest BCUT2D eigenvalue weighted by atomic mass is 14.1. The van der Waals surface area contributed by atoms with Gasteiger partial charge in [-0.25, -0.2) is 0 Å². The average Bonchev–Trinajstić information content (AvgIpc) is 2.67. The van der Waals surface area contributed by atoms with Crippen LogP contribution >= 0.6 is 0 Å². The van der Waals surface area contributed by atoms with Crippen molar-refractivity contribution in [1.82, 2.24) is 0 Å². The highest BCUT2D eigenvalue weighted by Gasteiger charge is 2.11. The minimum absolute atomic E-state index is 1.12. The number of fused-ring (bicyclic) bond motifs is 1. The molecule has 0 saturated carbocycles. The van der Waals surface area contributed by atoms with Crippen molar-refractivity contribution in [3.63, 3.8) is 0 Å². The van der Waals surface area contributed by atoms with Crippen molar-refractivity contribution in [2.45, 2.75) is 26.7 Å². The van der Waals surface area contributed by atoms with Crippen LogP contribution in [0.3, 0.4) is 0 Å². The summed E-state index contributed by atoms with van der Waals surface area (Å²) in [4.78, 5) is 0. The molecule has 0 saturated heterocycles. The predicted octanol–water partition coefficient (Wildman–Crippen LogP) is 7.60. The van der Waals surface area contributed by atoms with E-state index in [0.29, 0.717) is 0 Å². The molecule has 24 heavy (non-hydrogen) atoms. The van der Waals surface area contributed by atoms with Gasteiger partial charge in [0.15, 0.2) is 0 Å². The lowest BCUT2D eigenvalue weighted by molar-refractivity contribution is 0.886. The lowest BCUT2D eigenvalue weighted by atomic mass is 9.89. The van der Waals surface area contributed by atoms with Gasteiger partial charge in [-0.2, -0.15) is 0 Å². The number of hydrogen-bond donors (Lipinski definition) is 0. The second-order valence-electron chi connectivity index (χ2n) is 5.75. The molecular weight excluding hydrogens is 288 g/mol. The van der Waals surface area contributed by atoms with E-state index in [9.17, 15) is 0 Å². The number of benzene rings is 3. The molecule has 0 bridgehead atoms. The van der Waals surface area contributed by atoms with Crippen molar-refractivity contribution in [1.29, 1.82) is 0 Å². The zero-order chi connectivity index (χ0) is 17.4. The van der Waals surface area contributed by atoms with E-state index in [1.54, 1.807) is 0 Å². The van der Waals surface area contributed by atoms with E-state index in [2.05, 4.69) is 81.6 Å². The Hall–Kier alpha value is -2.60. The molecule has 0 N–H and O–H groups in total. The van der Waals surface area contributed by atoms with Crippen LogP contribution < -0.4 is 0 Å². The smallest absolute Gasteiger partial charge is 0.00270 e. The molecule has 0 aliphatic rings. The van der Waals surface area contributed by atoms with Gasteiger partial charge in [0.1, 0.15) is 0 Å². The van der Waals surface area contributed by atoms with E-state index >= 15 is 0 Å². The van der Waals surface area contributed by atoms with E-state index in [-0.39, 0.29) is 0 Å². The van der Waals surface area contributed by atoms with Crippen LogP contribution in [-0.2, 0) is 0 Å². The van der Waals surface area contributed by atoms with Gasteiger partial charge >= 0.3 is 0 Å². The van der Waals surface area contributed by atoms with Crippen molar-refractivity contribution in [3.05, 3.63) is 84.9 Å². The van der Waals surface area contributed by atoms with Gasteiger partial charge in [0, 0.05) is 0 Å². The molecule has 0 aromatic heterocycles. The minimum Gasteiger partial charge on any atom is -0.0984 e. The fraction of sp³-hybridized carbons (Fsp3) is 0.167. The Morgan fingerprint density at radius 1 is 0.792 bits per heavy atom. The van der Waals surface area contributed by atoms with Gasteiger partial charge in [0.2, 0.25) is 0 Å². The Balaban J connectivity index is 0.000000471. The van der Waals surface area contributed by atoms with E-state index < -0.39 is 0 Å². The standard InChI is InChI=1S/C20H16.C4H10/c1-3-15-14-17-12-8-9-13-19(17)20(18(15)4-2)16-10-6-5-7-11-16;1-3-4-2/h3-14H,1-2H2;3-4H2,1-2H3. The third kappa shape index (κ3) is 3.83. The summed E-state index contributed by atoms with van der Waals surface area (Å²) in [6.45, 7) is 12.3. The van der Waals surface area contributed by atoms with Crippen molar-refractivity contribution in [3.8, 4) is 11.1 Å². The Labute approximate surface area is 146 Å². The maximum Gasteiger partial charge on any atom is -0.00270 e. The van der Waals surface area contributed by atoms with Crippen LogP contribution in [0, 0.1) is 0 Å². The first-order valence-electron chi connectivity index (χ1n) is 8.62. The Bertz CT molecular complexity index is 808. The summed E-state index contributed by atoms with van der Waals surface area (Å²) in [7, 11) is 0. The molecule has 0 nitrogen and oxygen atoms in total. The van der Waals surface area contributed by atoms with Crippen molar-refractivity contribution >= 4 is 22.9 Å². The van der Waals surface area contributed by atoms with Crippen molar-refractivity contribution in [2.24, 2.45) is 0 Å². The van der Waals surface area contributed by atoms with Crippen LogP contribution in [0.4, 0.5) is 0 Å². The van der Waals surface area contributed by atoms with Crippen LogP contribution in [0.1, 0.15) is 37.8 Å². The van der Waals surface area contributed by atoms with Crippen LogP contribution in [0.2, 0.25) is 0 Å². The molecule has 0 unspecified atom stereocenters. The number of rotatable bonds is 4. The normalized spacial score (nSPS) is 9.92. The SMILES string of the molecule is C=Cc1cc2ccccc2c(-c2ccccc2)c1C=C.CCCC. The topological polar surface area (TPSA) is 0 Å². The quantitative estimate of drug-likeness (QED) is 0.465. The summed E-state index contributed by atoms with van der Waals surface area (Å²) in [6, 6.07) is 21.1. The van der Waals surface area contributed by atoms with Gasteiger partial charge < -0.3 is 0 Å². The molecule has 122 valence electrons. The summed E-state index contributed by atoms with van der Waals surface area (Å²) < 4.78 is 0. The molecule has 0 spiro atoms. The monoisotopic (exact) mass is 314 g/mol. The molecule has 0 atom stereocenters. The molecular formula is C24H26. The average molecular weight is 314 g/mol. The Morgan fingerprint density at radius 2 is 1.42 bits per heavy atom. The molecule has 0 heterocycles. The Kier molecular flexibility index (Phi) is 6.57. The van der Waals surface area contributed by atoms with E-state index in [0.717, 1.165) is 11.1 Å². The summed E-state index contributed by atoms with van der Waals surface area (Å²) in [5.41, 5.74) is 4.71. The first-order chi connectivity index (χ1) is 11.8. The van der Waals surface area contributed by atoms with Crippen LogP contribution in [0.5, 0.6) is 0 Å². The van der Waals surface area contributed by atoms with E-state index in [4.69, 9.17) is 0 Å². The lowest BCUT2D eigenvalue weighted by Gasteiger charge is -2.14. The third-order valence-electron chi connectivity index (χ3n) is 4.11. The van der Waals surface area contributed by atoms with Gasteiger partial charge in [-0.1, -0.05) is 107 Å². The summed E-state index contributed by atoms with van der Waals surface area (Å²) in [5, 5.41) is 2.48.